The average molecular weight is 564 g/mol. The summed E-state index contributed by atoms with van der Waals surface area (Å²) in [4.78, 5) is 43.7. The van der Waals surface area contributed by atoms with Crippen molar-refractivity contribution in [1.29, 1.82) is 5.26 Å². The first-order chi connectivity index (χ1) is 18.0. The molecule has 204 valence electrons. The quantitative estimate of drug-likeness (QED) is 0.460. The molecule has 2 atom stereocenters. The minimum atomic E-state index is -3.95. The number of carbonyl (C=O) groups excluding carboxylic acids is 2. The van der Waals surface area contributed by atoms with Crippen LogP contribution in [-0.4, -0.2) is 108 Å². The molecule has 2 amide bonds. The first-order valence-corrected chi connectivity index (χ1v) is 14.7. The zero-order valence-corrected chi connectivity index (χ0v) is 22.4. The van der Waals surface area contributed by atoms with E-state index < -0.39 is 44.1 Å². The number of likely N-dealkylation sites (tertiary alicyclic amines) is 1. The second-order valence-electron chi connectivity index (χ2n) is 10.7. The molecule has 0 radical (unpaired) electrons. The summed E-state index contributed by atoms with van der Waals surface area (Å²) < 4.78 is 27.1. The Balaban J connectivity index is 1.38. The summed E-state index contributed by atoms with van der Waals surface area (Å²) in [5.74, 6) is -1.71. The molecule has 2 saturated heterocycles. The number of carbonyl (C=O) groups is 3. The average Bonchev–Trinajstić information content (AvgIpc) is 3.80. The number of benzene rings is 1. The second-order valence-corrected chi connectivity index (χ2v) is 13.3. The molecule has 2 aliphatic heterocycles. The van der Waals surface area contributed by atoms with Crippen LogP contribution >= 0.6 is 11.6 Å². The standard InChI is InChI=1S/C25H30ClN5O6S/c26-18-3-1-2-4-20(18)38(36,37)17-13-19(22(34)28-24(16-27)5-6-24)31(14-17)23(35)25(7-8-25)30-11-9-29(10-12-30)15-21(32)33/h1-4,17,19H,5-15H2,(H,28,34)(H,32,33)/t17-,19+/m1/s1. The fourth-order valence-electron chi connectivity index (χ4n) is 5.64. The molecule has 0 unspecified atom stereocenters. The first-order valence-electron chi connectivity index (χ1n) is 12.7. The van der Waals surface area contributed by atoms with E-state index in [-0.39, 0.29) is 35.3 Å². The van der Waals surface area contributed by atoms with Crippen molar-refractivity contribution in [2.24, 2.45) is 0 Å². The highest BCUT2D eigenvalue weighted by Gasteiger charge is 2.60. The third-order valence-corrected chi connectivity index (χ3v) is 10.8. The highest BCUT2D eigenvalue weighted by molar-refractivity contribution is 7.92. The van der Waals surface area contributed by atoms with Crippen LogP contribution in [0.25, 0.3) is 0 Å². The number of amides is 2. The van der Waals surface area contributed by atoms with Crippen LogP contribution in [0.3, 0.4) is 0 Å². The Labute approximate surface area is 226 Å². The van der Waals surface area contributed by atoms with Gasteiger partial charge in [-0.05, 0) is 44.2 Å². The maximum absolute atomic E-state index is 14.0. The predicted octanol–water partition coefficient (Wildman–Crippen LogP) is 0.490. The van der Waals surface area contributed by atoms with Gasteiger partial charge in [-0.25, -0.2) is 8.42 Å². The first kappa shape index (κ1) is 26.9. The van der Waals surface area contributed by atoms with E-state index in [0.29, 0.717) is 51.9 Å². The van der Waals surface area contributed by atoms with Gasteiger partial charge in [-0.2, -0.15) is 5.26 Å². The molecule has 0 bridgehead atoms. The Morgan fingerprint density at radius 1 is 1.11 bits per heavy atom. The van der Waals surface area contributed by atoms with Crippen molar-refractivity contribution >= 4 is 39.2 Å². The Morgan fingerprint density at radius 3 is 2.32 bits per heavy atom. The van der Waals surface area contributed by atoms with Gasteiger partial charge in [0.25, 0.3) is 0 Å². The minimum Gasteiger partial charge on any atom is -0.480 e. The van der Waals surface area contributed by atoms with Crippen molar-refractivity contribution in [1.82, 2.24) is 20.0 Å². The Morgan fingerprint density at radius 2 is 1.76 bits per heavy atom. The van der Waals surface area contributed by atoms with Crippen LogP contribution < -0.4 is 5.32 Å². The van der Waals surface area contributed by atoms with Crippen molar-refractivity contribution < 1.29 is 27.9 Å². The summed E-state index contributed by atoms with van der Waals surface area (Å²) >= 11 is 6.20. The van der Waals surface area contributed by atoms with E-state index in [0.717, 1.165) is 0 Å². The summed E-state index contributed by atoms with van der Waals surface area (Å²) in [6, 6.07) is 7.20. The van der Waals surface area contributed by atoms with Gasteiger partial charge >= 0.3 is 5.97 Å². The van der Waals surface area contributed by atoms with E-state index in [1.807, 2.05) is 9.80 Å². The molecular formula is C25H30ClN5O6S. The third kappa shape index (κ3) is 4.88. The molecule has 1 aromatic rings. The van der Waals surface area contributed by atoms with Crippen LogP contribution in [0, 0.1) is 11.3 Å². The molecule has 2 N–H and O–H groups in total. The van der Waals surface area contributed by atoms with Crippen LogP contribution in [0.5, 0.6) is 0 Å². The van der Waals surface area contributed by atoms with Crippen molar-refractivity contribution in [2.45, 2.75) is 59.4 Å². The van der Waals surface area contributed by atoms with Gasteiger partial charge < -0.3 is 15.3 Å². The molecule has 38 heavy (non-hydrogen) atoms. The summed E-state index contributed by atoms with van der Waals surface area (Å²) in [6.07, 6.45) is 2.11. The largest absolute Gasteiger partial charge is 0.480 e. The van der Waals surface area contributed by atoms with Gasteiger partial charge in [-0.15, -0.1) is 0 Å². The van der Waals surface area contributed by atoms with Gasteiger partial charge in [0.05, 0.1) is 27.8 Å². The molecule has 2 heterocycles. The Bertz CT molecular complexity index is 1300. The number of hydrogen-bond acceptors (Lipinski definition) is 8. The van der Waals surface area contributed by atoms with E-state index in [1.165, 1.54) is 17.0 Å². The van der Waals surface area contributed by atoms with Crippen molar-refractivity contribution in [2.75, 3.05) is 39.3 Å². The minimum absolute atomic E-state index is 0.0356. The van der Waals surface area contributed by atoms with Crippen LogP contribution in [-0.2, 0) is 24.2 Å². The van der Waals surface area contributed by atoms with E-state index >= 15 is 0 Å². The highest BCUT2D eigenvalue weighted by Crippen LogP contribution is 2.46. The van der Waals surface area contributed by atoms with Crippen molar-refractivity contribution in [3.63, 3.8) is 0 Å². The van der Waals surface area contributed by atoms with Gasteiger partial charge in [0.15, 0.2) is 9.84 Å². The number of carboxylic acids is 1. The van der Waals surface area contributed by atoms with Gasteiger partial charge in [0.1, 0.15) is 17.1 Å². The van der Waals surface area contributed by atoms with Gasteiger partial charge in [0.2, 0.25) is 11.8 Å². The van der Waals surface area contributed by atoms with Gasteiger partial charge in [-0.1, -0.05) is 23.7 Å². The number of halogens is 1. The summed E-state index contributed by atoms with van der Waals surface area (Å²) in [5.41, 5.74) is -1.79. The molecule has 0 spiro atoms. The molecule has 2 saturated carbocycles. The smallest absolute Gasteiger partial charge is 0.317 e. The molecule has 1 aromatic carbocycles. The zero-order valence-electron chi connectivity index (χ0n) is 20.8. The maximum Gasteiger partial charge on any atom is 0.317 e. The number of carboxylic acid groups (broad SMARTS) is 1. The summed E-state index contributed by atoms with van der Waals surface area (Å²) in [5, 5.41) is 20.4. The molecule has 5 rings (SSSR count). The molecular weight excluding hydrogens is 534 g/mol. The monoisotopic (exact) mass is 563 g/mol. The SMILES string of the molecule is N#CC1(NC(=O)[C@@H]2C[C@@H](S(=O)(=O)c3ccccc3Cl)CN2C(=O)C2(N3CCN(CC(=O)O)CC3)CC2)CC1. The molecule has 11 nitrogen and oxygen atoms in total. The highest BCUT2D eigenvalue weighted by atomic mass is 35.5. The lowest BCUT2D eigenvalue weighted by atomic mass is 10.1. The number of nitrogens with zero attached hydrogens (tertiary/aromatic N) is 4. The number of nitriles is 1. The fraction of sp³-hybridized carbons (Fsp3) is 0.600. The van der Waals surface area contributed by atoms with Crippen LogP contribution in [0.2, 0.25) is 5.02 Å². The number of piperazine rings is 1. The molecule has 4 fully saturated rings. The molecule has 13 heteroatoms. The fourth-order valence-corrected chi connectivity index (χ4v) is 7.85. The van der Waals surface area contributed by atoms with Gasteiger partial charge in [-0.3, -0.25) is 24.2 Å². The maximum atomic E-state index is 14.0. The van der Waals surface area contributed by atoms with Crippen molar-refractivity contribution in [3.8, 4) is 6.07 Å². The summed E-state index contributed by atoms with van der Waals surface area (Å²) in [7, 11) is -3.95. The van der Waals surface area contributed by atoms with Crippen molar-refractivity contribution in [3.05, 3.63) is 29.3 Å². The topological polar surface area (TPSA) is 151 Å². The normalized spacial score (nSPS) is 26.4. The van der Waals surface area contributed by atoms with E-state index in [9.17, 15) is 28.1 Å². The number of aliphatic carboxylic acids is 1. The number of sulfone groups is 1. The lowest BCUT2D eigenvalue weighted by Gasteiger charge is -2.40. The van der Waals surface area contributed by atoms with Crippen LogP contribution in [0.15, 0.2) is 29.2 Å². The van der Waals surface area contributed by atoms with E-state index in [1.54, 1.807) is 12.1 Å². The predicted molar refractivity (Wildman–Crippen MR) is 136 cm³/mol. The zero-order chi connectivity index (χ0) is 27.3. The second kappa shape index (κ2) is 9.79. The summed E-state index contributed by atoms with van der Waals surface area (Å²) in [6.45, 7) is 1.79. The van der Waals surface area contributed by atoms with E-state index in [4.69, 9.17) is 16.7 Å². The van der Waals surface area contributed by atoms with Gasteiger partial charge in [0, 0.05) is 32.7 Å². The lowest BCUT2D eigenvalue weighted by molar-refractivity contribution is -0.145. The van der Waals surface area contributed by atoms with Crippen LogP contribution in [0.1, 0.15) is 32.1 Å². The number of nitrogens with one attached hydrogen (secondary N) is 1. The molecule has 2 aliphatic carbocycles. The molecule has 0 aromatic heterocycles. The third-order valence-electron chi connectivity index (χ3n) is 8.19. The number of rotatable bonds is 8. The Hall–Kier alpha value is -2.72. The Kier molecular flexibility index (Phi) is 6.92. The van der Waals surface area contributed by atoms with Crippen LogP contribution in [0.4, 0.5) is 0 Å². The number of hydrogen-bond donors (Lipinski definition) is 2. The van der Waals surface area contributed by atoms with E-state index in [2.05, 4.69) is 11.4 Å². The lowest BCUT2D eigenvalue weighted by Crippen LogP contribution is -2.59. The molecule has 4 aliphatic rings.